The van der Waals surface area contributed by atoms with E-state index in [1.165, 1.54) is 35.4 Å². The number of pyridine rings is 1. The fourth-order valence-electron chi connectivity index (χ4n) is 15.1. The Morgan fingerprint density at radius 2 is 1.71 bits per heavy atom. The van der Waals surface area contributed by atoms with Crippen LogP contribution in [0.3, 0.4) is 0 Å². The van der Waals surface area contributed by atoms with Crippen LogP contribution in [-0.4, -0.2) is 176 Å². The van der Waals surface area contributed by atoms with E-state index >= 15 is 8.78 Å². The van der Waals surface area contributed by atoms with Crippen LogP contribution in [0, 0.1) is 36.3 Å². The largest absolute Gasteiger partial charge is 0.508 e. The average Bonchev–Trinajstić information content (AvgIpc) is 1.41. The average molecular weight is 1320 g/mol. The SMILES string of the molecule is C#Cc1c(F)ccc2cc(O)cc(-c3ncc4c(N5CC6CCC(C5)N6)nc(OCC56CC[C@@H](COC(=O)N7CCC(OCCCCCCCCC(=O)N[C@H](C(=O)N8C[C@H](O)C[C@H]8C(=O)N[C@@H](C)c8ccc(-c9scnc9C)cc8)C(C)(C)C)C7)N5CC(=C)C6)nc4c3F)c12. The Morgan fingerprint density at radius 1 is 0.947 bits per heavy atom. The number of aliphatic hydroxyl groups excluding tert-OH is 1. The van der Waals surface area contributed by atoms with Gasteiger partial charge in [-0.3, -0.25) is 24.3 Å². The number of piperazine rings is 1. The minimum absolute atomic E-state index is 0.00264. The maximum atomic E-state index is 17.3. The summed E-state index contributed by atoms with van der Waals surface area (Å²) in [6.45, 7) is 17.7. The van der Waals surface area contributed by atoms with Gasteiger partial charge in [0.1, 0.15) is 53.9 Å². The Morgan fingerprint density at radius 3 is 2.44 bits per heavy atom. The molecule has 504 valence electrons. The topological polar surface area (TPSA) is 237 Å². The van der Waals surface area contributed by atoms with Crippen molar-refractivity contribution in [1.29, 1.82) is 0 Å². The van der Waals surface area contributed by atoms with Crippen molar-refractivity contribution in [3.63, 3.8) is 0 Å². The highest BCUT2D eigenvalue weighted by Crippen LogP contribution is 2.46. The number of hydrogen-bond donors (Lipinski definition) is 5. The van der Waals surface area contributed by atoms with E-state index in [4.69, 9.17) is 30.6 Å². The number of aryl methyl sites for hydroxylation is 1. The van der Waals surface area contributed by atoms with Crippen molar-refractivity contribution < 1.29 is 52.4 Å². The van der Waals surface area contributed by atoms with Crippen LogP contribution in [-0.2, 0) is 23.9 Å². The van der Waals surface area contributed by atoms with E-state index < -0.39 is 40.8 Å². The molecular weight excluding hydrogens is 1230 g/mol. The van der Waals surface area contributed by atoms with Crippen molar-refractivity contribution in [2.75, 3.05) is 64.0 Å². The van der Waals surface area contributed by atoms with Crippen molar-refractivity contribution in [1.82, 2.24) is 50.6 Å². The zero-order chi connectivity index (χ0) is 66.9. The number of halogens is 2. The molecule has 6 saturated heterocycles. The minimum atomic E-state index is -0.894. The van der Waals surface area contributed by atoms with Crippen LogP contribution >= 0.6 is 11.3 Å². The van der Waals surface area contributed by atoms with Crippen molar-refractivity contribution in [3.8, 4) is 45.8 Å². The molecule has 4 unspecified atom stereocenters. The molecule has 3 aromatic heterocycles. The van der Waals surface area contributed by atoms with Gasteiger partial charge in [-0.15, -0.1) is 17.8 Å². The number of nitrogens with zero attached hydrogens (tertiary/aromatic N) is 8. The van der Waals surface area contributed by atoms with Crippen LogP contribution in [0.15, 0.2) is 72.4 Å². The van der Waals surface area contributed by atoms with E-state index in [1.54, 1.807) is 16.2 Å². The van der Waals surface area contributed by atoms with E-state index in [0.29, 0.717) is 75.2 Å². The van der Waals surface area contributed by atoms with Crippen molar-refractivity contribution in [2.45, 2.75) is 179 Å². The standard InChI is InChI=1S/C72H87F2N11O9S/c1-8-54-57(73)23-20-47-29-51(86)30-55(60(47)54)62-61(74)63-56(33-75-62)66(83-35-48-21-22-49(36-83)78-48)81-69(80-63)94-40-72-26-24-50(85(72)34-42(2)32-72)39-93-70(91)82-27-25-53(38-82)92-28-14-12-10-9-11-13-15-59(88)79-65(71(5,6)7)68(90)84-37-52(87)31-58(84)67(89)77-43(3)45-16-18-46(19-17-45)64-44(4)76-41-95-64/h1,16-20,23,29-30,33,41,43,48-50,52-53,58,65,78,86-87H,2,9-15,21-22,24-28,31-32,34-40H2,3-7H3,(H,77,89)(H,79,88)/t43-,48?,49?,50-,52+,53?,58-,65+,72?/m0/s1. The second-order valence-corrected chi connectivity index (χ2v) is 28.9. The van der Waals surface area contributed by atoms with E-state index in [1.807, 2.05) is 64.4 Å². The predicted octanol–water partition coefficient (Wildman–Crippen LogP) is 10.1. The number of carbonyl (C=O) groups excluding carboxylic acids is 4. The molecule has 3 aromatic carbocycles. The number of β-amino-alcohol motifs (C(OH)–C–C–N with tert-alkyl or cyclic N) is 1. The van der Waals surface area contributed by atoms with Gasteiger partial charge in [-0.2, -0.15) is 9.97 Å². The third kappa shape index (κ3) is 14.6. The number of nitrogens with one attached hydrogen (secondary N) is 3. The van der Waals surface area contributed by atoms with Crippen LogP contribution in [0.2, 0.25) is 0 Å². The Hall–Kier alpha value is -7.88. The van der Waals surface area contributed by atoms with Crippen LogP contribution in [0.1, 0.15) is 140 Å². The minimum Gasteiger partial charge on any atom is -0.508 e. The molecule has 6 fully saturated rings. The second-order valence-electron chi connectivity index (χ2n) is 28.0. The number of phenols is 1. The Kier molecular flexibility index (Phi) is 20.1. The molecule has 23 heteroatoms. The van der Waals surface area contributed by atoms with Gasteiger partial charge in [0.2, 0.25) is 17.7 Å². The highest BCUT2D eigenvalue weighted by atomic mass is 32.1. The number of likely N-dealkylation sites (tertiary alicyclic amines) is 2. The highest BCUT2D eigenvalue weighted by molar-refractivity contribution is 7.13. The molecule has 0 aliphatic carbocycles. The summed E-state index contributed by atoms with van der Waals surface area (Å²) in [7, 11) is 0. The zero-order valence-corrected chi connectivity index (χ0v) is 55.8. The quantitative estimate of drug-likeness (QED) is 0.0228. The molecule has 6 aliphatic heterocycles. The van der Waals surface area contributed by atoms with Gasteiger partial charge >= 0.3 is 12.1 Å². The molecule has 12 rings (SSSR count). The fourth-order valence-corrected chi connectivity index (χ4v) is 15.9. The summed E-state index contributed by atoms with van der Waals surface area (Å²) in [6.07, 6.45) is 16.5. The van der Waals surface area contributed by atoms with E-state index in [9.17, 15) is 29.4 Å². The van der Waals surface area contributed by atoms with Gasteiger partial charge in [0.15, 0.2) is 5.82 Å². The first kappa shape index (κ1) is 67.1. The summed E-state index contributed by atoms with van der Waals surface area (Å²) >= 11 is 1.58. The molecule has 4 amide bonds. The number of terminal acetylenes is 1. The molecule has 9 atom stereocenters. The number of fused-ring (bicyclic) bond motifs is 5. The number of amides is 4. The van der Waals surface area contributed by atoms with Gasteiger partial charge in [0, 0.05) is 87.4 Å². The first-order valence-corrected chi connectivity index (χ1v) is 34.5. The van der Waals surface area contributed by atoms with Gasteiger partial charge in [-0.1, -0.05) is 94.9 Å². The molecule has 2 bridgehead atoms. The van der Waals surface area contributed by atoms with Crippen molar-refractivity contribution in [2.24, 2.45) is 5.41 Å². The smallest absolute Gasteiger partial charge is 0.409 e. The number of unbranched alkanes of at least 4 members (excludes halogenated alkanes) is 5. The van der Waals surface area contributed by atoms with Crippen molar-refractivity contribution in [3.05, 3.63) is 101 Å². The molecule has 0 saturated carbocycles. The maximum Gasteiger partial charge on any atom is 0.409 e. The summed E-state index contributed by atoms with van der Waals surface area (Å²) in [5, 5.41) is 32.2. The van der Waals surface area contributed by atoms with Crippen LogP contribution in [0.25, 0.3) is 43.4 Å². The van der Waals surface area contributed by atoms with Crippen LogP contribution < -0.4 is 25.6 Å². The van der Waals surface area contributed by atoms with E-state index in [-0.39, 0.29) is 126 Å². The predicted molar refractivity (Wildman–Crippen MR) is 360 cm³/mol. The maximum absolute atomic E-state index is 17.3. The van der Waals surface area contributed by atoms with E-state index in [0.717, 1.165) is 85.1 Å². The number of thiazole rings is 1. The molecule has 6 aliphatic rings. The first-order valence-electron chi connectivity index (χ1n) is 33.6. The number of aromatic hydroxyl groups is 1. The normalized spacial score (nSPS) is 23.3. The Labute approximate surface area is 557 Å². The summed E-state index contributed by atoms with van der Waals surface area (Å²) in [5.41, 5.74) is 4.47. The molecule has 20 nitrogen and oxygen atoms in total. The fraction of sp³-hybridized carbons (Fsp3) is 0.528. The number of aromatic nitrogens is 4. The lowest BCUT2D eigenvalue weighted by molar-refractivity contribution is -0.144. The molecule has 95 heavy (non-hydrogen) atoms. The summed E-state index contributed by atoms with van der Waals surface area (Å²) in [5.74, 6) is 0.313. The molecule has 0 radical (unpaired) electrons. The summed E-state index contributed by atoms with van der Waals surface area (Å²) < 4.78 is 51.3. The number of carbonyl (C=O) groups is 4. The number of ether oxygens (including phenoxy) is 3. The second kappa shape index (κ2) is 28.4. The Bertz CT molecular complexity index is 3900. The molecule has 5 N–H and O–H groups in total. The number of aliphatic hydroxyl groups is 1. The van der Waals surface area contributed by atoms with Gasteiger partial charge in [-0.05, 0) is 105 Å². The molecule has 9 heterocycles. The van der Waals surface area contributed by atoms with Gasteiger partial charge in [-0.25, -0.2) is 18.6 Å². The third-order valence-electron chi connectivity index (χ3n) is 20.1. The van der Waals surface area contributed by atoms with Crippen LogP contribution in [0.4, 0.5) is 19.4 Å². The number of rotatable bonds is 23. The number of benzene rings is 3. The Balaban J connectivity index is 0.574. The van der Waals surface area contributed by atoms with Gasteiger partial charge in [0.05, 0.1) is 57.4 Å². The van der Waals surface area contributed by atoms with E-state index in [2.05, 4.69) is 48.2 Å². The summed E-state index contributed by atoms with van der Waals surface area (Å²) in [6, 6.07) is 11.7. The lowest BCUT2D eigenvalue weighted by Gasteiger charge is -2.35. The first-order chi connectivity index (χ1) is 45.6. The zero-order valence-electron chi connectivity index (χ0n) is 54.9. The molecule has 0 spiro atoms. The highest BCUT2D eigenvalue weighted by Gasteiger charge is 2.52. The lowest BCUT2D eigenvalue weighted by Crippen LogP contribution is -2.57. The molecular formula is C72H87F2N11O9S. The molecule has 6 aromatic rings. The monoisotopic (exact) mass is 1320 g/mol. The van der Waals surface area contributed by atoms with Gasteiger partial charge < -0.3 is 55.1 Å². The summed E-state index contributed by atoms with van der Waals surface area (Å²) in [4.78, 5) is 82.2. The van der Waals surface area contributed by atoms with Gasteiger partial charge in [0.25, 0.3) is 0 Å². The number of anilines is 1. The number of hydrogen-bond acceptors (Lipinski definition) is 17. The van der Waals surface area contributed by atoms with Crippen molar-refractivity contribution >= 4 is 62.6 Å². The lowest BCUT2D eigenvalue weighted by atomic mass is 9.85. The van der Waals surface area contributed by atoms with Crippen LogP contribution in [0.5, 0.6) is 11.8 Å². The third-order valence-corrected chi connectivity index (χ3v) is 21.0. The number of phenolic OH excluding ortho intramolecular Hbond substituents is 1.